The van der Waals surface area contributed by atoms with Gasteiger partial charge in [-0.05, 0) is 24.3 Å². The van der Waals surface area contributed by atoms with Gasteiger partial charge < -0.3 is 4.74 Å². The van der Waals surface area contributed by atoms with E-state index < -0.39 is 0 Å². The Labute approximate surface area is 119 Å². The summed E-state index contributed by atoms with van der Waals surface area (Å²) in [5, 5.41) is 10.3. The van der Waals surface area contributed by atoms with Gasteiger partial charge in [-0.2, -0.15) is 5.26 Å². The molecule has 0 saturated carbocycles. The summed E-state index contributed by atoms with van der Waals surface area (Å²) < 4.78 is 5.57. The molecule has 0 heterocycles. The fraction of sp³-hybridized carbons (Fsp3) is 0. The number of halogens is 3. The van der Waals surface area contributed by atoms with Crippen LogP contribution in [0.1, 0.15) is 5.56 Å². The first-order chi connectivity index (χ1) is 8.60. The first-order valence-corrected chi connectivity index (χ1v) is 6.06. The molecule has 0 radical (unpaired) electrons. The number of hydrogen-bond donors (Lipinski definition) is 0. The van der Waals surface area contributed by atoms with Gasteiger partial charge in [-0.25, -0.2) is 0 Å². The van der Waals surface area contributed by atoms with Crippen LogP contribution in [0.5, 0.6) is 11.5 Å². The summed E-state index contributed by atoms with van der Waals surface area (Å²) in [4.78, 5) is 0. The zero-order valence-corrected chi connectivity index (χ0v) is 11.2. The van der Waals surface area contributed by atoms with Gasteiger partial charge in [0.05, 0.1) is 15.6 Å². The van der Waals surface area contributed by atoms with E-state index in [4.69, 9.17) is 44.8 Å². The van der Waals surface area contributed by atoms with Crippen LogP contribution in [-0.2, 0) is 0 Å². The third-order valence-electron chi connectivity index (χ3n) is 2.18. The SMILES string of the molecule is N#Cc1ccc(Cl)cc1Oc1ccc(Cl)c(Cl)c1. The summed E-state index contributed by atoms with van der Waals surface area (Å²) in [6, 6.07) is 11.7. The van der Waals surface area contributed by atoms with Crippen LogP contribution < -0.4 is 4.74 Å². The number of ether oxygens (including phenoxy) is 1. The molecular weight excluding hydrogens is 293 g/mol. The number of hydrogen-bond acceptors (Lipinski definition) is 2. The smallest absolute Gasteiger partial charge is 0.146 e. The monoisotopic (exact) mass is 297 g/mol. The lowest BCUT2D eigenvalue weighted by Crippen LogP contribution is -1.88. The molecule has 0 unspecified atom stereocenters. The number of rotatable bonds is 2. The summed E-state index contributed by atoms with van der Waals surface area (Å²) in [5.41, 5.74) is 0.394. The lowest BCUT2D eigenvalue weighted by molar-refractivity contribution is 0.481. The van der Waals surface area contributed by atoms with Crippen molar-refractivity contribution in [3.8, 4) is 17.6 Å². The summed E-state index contributed by atoms with van der Waals surface area (Å²) >= 11 is 17.5. The predicted molar refractivity (Wildman–Crippen MR) is 72.7 cm³/mol. The van der Waals surface area contributed by atoms with Gasteiger partial charge in [-0.15, -0.1) is 0 Å². The Kier molecular flexibility index (Phi) is 3.98. The second-order valence-electron chi connectivity index (χ2n) is 3.43. The lowest BCUT2D eigenvalue weighted by atomic mass is 10.2. The van der Waals surface area contributed by atoms with Crippen LogP contribution >= 0.6 is 34.8 Å². The molecule has 0 aliphatic carbocycles. The molecule has 0 bridgehead atoms. The molecule has 2 aromatic carbocycles. The van der Waals surface area contributed by atoms with Crippen LogP contribution in [0.2, 0.25) is 15.1 Å². The fourth-order valence-electron chi connectivity index (χ4n) is 1.34. The molecule has 2 aromatic rings. The van der Waals surface area contributed by atoms with Gasteiger partial charge in [-0.1, -0.05) is 34.8 Å². The molecule has 0 aromatic heterocycles. The van der Waals surface area contributed by atoms with Crippen molar-refractivity contribution in [2.45, 2.75) is 0 Å². The van der Waals surface area contributed by atoms with E-state index in [1.807, 2.05) is 6.07 Å². The molecule has 0 aliphatic rings. The highest BCUT2D eigenvalue weighted by atomic mass is 35.5. The van der Waals surface area contributed by atoms with Crippen LogP contribution in [0, 0.1) is 11.3 Å². The molecule has 0 aliphatic heterocycles. The highest BCUT2D eigenvalue weighted by molar-refractivity contribution is 6.42. The first kappa shape index (κ1) is 13.0. The topological polar surface area (TPSA) is 33.0 Å². The van der Waals surface area contributed by atoms with E-state index in [1.165, 1.54) is 0 Å². The van der Waals surface area contributed by atoms with Gasteiger partial charge in [0, 0.05) is 17.2 Å². The minimum Gasteiger partial charge on any atom is -0.456 e. The third kappa shape index (κ3) is 2.88. The molecule has 0 saturated heterocycles. The Bertz CT molecular complexity index is 635. The molecule has 18 heavy (non-hydrogen) atoms. The van der Waals surface area contributed by atoms with Crippen LogP contribution in [-0.4, -0.2) is 0 Å². The number of benzene rings is 2. The van der Waals surface area contributed by atoms with E-state index in [2.05, 4.69) is 0 Å². The van der Waals surface area contributed by atoms with Gasteiger partial charge in [0.25, 0.3) is 0 Å². The zero-order chi connectivity index (χ0) is 13.1. The van der Waals surface area contributed by atoms with Crippen molar-refractivity contribution >= 4 is 34.8 Å². The maximum Gasteiger partial charge on any atom is 0.146 e. The molecule has 2 nitrogen and oxygen atoms in total. The van der Waals surface area contributed by atoms with E-state index >= 15 is 0 Å². The maximum absolute atomic E-state index is 8.97. The molecule has 5 heteroatoms. The highest BCUT2D eigenvalue weighted by Gasteiger charge is 2.07. The van der Waals surface area contributed by atoms with Crippen LogP contribution in [0.25, 0.3) is 0 Å². The van der Waals surface area contributed by atoms with Gasteiger partial charge in [-0.3, -0.25) is 0 Å². The second kappa shape index (κ2) is 5.49. The number of nitrogens with zero attached hydrogens (tertiary/aromatic N) is 1. The first-order valence-electron chi connectivity index (χ1n) is 4.92. The van der Waals surface area contributed by atoms with E-state index in [0.717, 1.165) is 0 Å². The van der Waals surface area contributed by atoms with E-state index in [1.54, 1.807) is 36.4 Å². The molecular formula is C13H6Cl3NO. The maximum atomic E-state index is 8.97. The van der Waals surface area contributed by atoms with Crippen LogP contribution in [0.3, 0.4) is 0 Å². The molecule has 0 fully saturated rings. The van der Waals surface area contributed by atoms with Crippen molar-refractivity contribution < 1.29 is 4.74 Å². The average Bonchev–Trinajstić information content (AvgIpc) is 2.34. The minimum atomic E-state index is 0.378. The average molecular weight is 299 g/mol. The largest absolute Gasteiger partial charge is 0.456 e. The summed E-state index contributed by atoms with van der Waals surface area (Å²) in [5.74, 6) is 0.867. The Hall–Kier alpha value is -1.40. The summed E-state index contributed by atoms with van der Waals surface area (Å²) in [6.45, 7) is 0. The van der Waals surface area contributed by atoms with Crippen LogP contribution in [0.15, 0.2) is 36.4 Å². The van der Waals surface area contributed by atoms with Gasteiger partial charge in [0.15, 0.2) is 0 Å². The molecule has 90 valence electrons. The fourth-order valence-corrected chi connectivity index (χ4v) is 1.79. The summed E-state index contributed by atoms with van der Waals surface area (Å²) in [6.07, 6.45) is 0. The minimum absolute atomic E-state index is 0.378. The Morgan fingerprint density at radius 3 is 2.39 bits per heavy atom. The van der Waals surface area contributed by atoms with Crippen LogP contribution in [0.4, 0.5) is 0 Å². The third-order valence-corrected chi connectivity index (χ3v) is 3.16. The van der Waals surface area contributed by atoms with Crippen molar-refractivity contribution in [1.29, 1.82) is 5.26 Å². The van der Waals surface area contributed by atoms with Crippen molar-refractivity contribution in [3.63, 3.8) is 0 Å². The quantitative estimate of drug-likeness (QED) is 0.752. The van der Waals surface area contributed by atoms with E-state index in [-0.39, 0.29) is 0 Å². The van der Waals surface area contributed by atoms with E-state index in [0.29, 0.717) is 32.1 Å². The molecule has 0 N–H and O–H groups in total. The van der Waals surface area contributed by atoms with Crippen molar-refractivity contribution in [2.24, 2.45) is 0 Å². The van der Waals surface area contributed by atoms with Crippen molar-refractivity contribution in [2.75, 3.05) is 0 Å². The Morgan fingerprint density at radius 1 is 0.944 bits per heavy atom. The zero-order valence-electron chi connectivity index (χ0n) is 8.95. The second-order valence-corrected chi connectivity index (χ2v) is 4.68. The standard InChI is InChI=1S/C13H6Cl3NO/c14-9-2-1-8(7-17)13(5-9)18-10-3-4-11(15)12(16)6-10/h1-6H. The van der Waals surface area contributed by atoms with Gasteiger partial charge in [0.2, 0.25) is 0 Å². The molecule has 2 rings (SSSR count). The van der Waals surface area contributed by atoms with Crippen molar-refractivity contribution in [1.82, 2.24) is 0 Å². The van der Waals surface area contributed by atoms with Gasteiger partial charge >= 0.3 is 0 Å². The van der Waals surface area contributed by atoms with Gasteiger partial charge in [0.1, 0.15) is 17.6 Å². The highest BCUT2D eigenvalue weighted by Crippen LogP contribution is 2.32. The Morgan fingerprint density at radius 2 is 1.72 bits per heavy atom. The molecule has 0 spiro atoms. The predicted octanol–water partition coefficient (Wildman–Crippen LogP) is 5.31. The molecule has 0 amide bonds. The number of nitriles is 1. The van der Waals surface area contributed by atoms with E-state index in [9.17, 15) is 0 Å². The molecule has 0 atom stereocenters. The van der Waals surface area contributed by atoms with Crippen molar-refractivity contribution in [3.05, 3.63) is 57.0 Å². The Balaban J connectivity index is 2.36. The normalized spacial score (nSPS) is 9.89. The summed E-state index contributed by atoms with van der Waals surface area (Å²) in [7, 11) is 0. The lowest BCUT2D eigenvalue weighted by Gasteiger charge is -2.08.